The normalized spacial score (nSPS) is 41.4. The lowest BCUT2D eigenvalue weighted by Crippen LogP contribution is -2.28. The summed E-state index contributed by atoms with van der Waals surface area (Å²) >= 11 is 0. The van der Waals surface area contributed by atoms with E-state index in [1.807, 2.05) is 6.92 Å². The van der Waals surface area contributed by atoms with Crippen molar-refractivity contribution in [2.45, 2.75) is 44.7 Å². The van der Waals surface area contributed by atoms with E-state index in [9.17, 15) is 4.79 Å². The van der Waals surface area contributed by atoms with Crippen LogP contribution in [0.25, 0.3) is 0 Å². The van der Waals surface area contributed by atoms with Crippen molar-refractivity contribution in [3.63, 3.8) is 0 Å². The average Bonchev–Trinajstić information content (AvgIpc) is 2.62. The molecule has 0 aliphatic carbocycles. The summed E-state index contributed by atoms with van der Waals surface area (Å²) in [6.45, 7) is 1.97. The number of hydrogen-bond donors (Lipinski definition) is 1. The lowest BCUT2D eigenvalue weighted by atomic mass is 9.85. The molecule has 62 valence electrons. The van der Waals surface area contributed by atoms with Gasteiger partial charge in [0.15, 0.2) is 0 Å². The zero-order valence-electron chi connectivity index (χ0n) is 6.97. The van der Waals surface area contributed by atoms with Gasteiger partial charge < -0.3 is 5.32 Å². The molecule has 2 aliphatic heterocycles. The SMILES string of the molecule is CCC(=O)C1CC2CCC1N2. The van der Waals surface area contributed by atoms with Crippen LogP contribution in [0, 0.1) is 5.92 Å². The molecule has 0 saturated carbocycles. The fourth-order valence-corrected chi connectivity index (χ4v) is 2.44. The maximum Gasteiger partial charge on any atom is 0.137 e. The van der Waals surface area contributed by atoms with Crippen molar-refractivity contribution in [2.24, 2.45) is 5.92 Å². The molecule has 0 aromatic rings. The van der Waals surface area contributed by atoms with Gasteiger partial charge in [0.05, 0.1) is 0 Å². The van der Waals surface area contributed by atoms with Crippen molar-refractivity contribution >= 4 is 5.78 Å². The van der Waals surface area contributed by atoms with E-state index in [1.54, 1.807) is 0 Å². The number of carbonyl (C=O) groups excluding carboxylic acids is 1. The Kier molecular flexibility index (Phi) is 1.72. The van der Waals surface area contributed by atoms with Crippen LogP contribution in [-0.4, -0.2) is 17.9 Å². The van der Waals surface area contributed by atoms with Gasteiger partial charge in [-0.3, -0.25) is 4.79 Å². The molecule has 0 aromatic heterocycles. The zero-order valence-corrected chi connectivity index (χ0v) is 6.97. The van der Waals surface area contributed by atoms with Gasteiger partial charge in [-0.2, -0.15) is 0 Å². The molecule has 2 bridgehead atoms. The minimum atomic E-state index is 0.360. The summed E-state index contributed by atoms with van der Waals surface area (Å²) in [5.41, 5.74) is 0. The molecule has 3 atom stereocenters. The Morgan fingerprint density at radius 2 is 2.36 bits per heavy atom. The first kappa shape index (κ1) is 7.29. The highest BCUT2D eigenvalue weighted by Gasteiger charge is 2.41. The van der Waals surface area contributed by atoms with Crippen molar-refractivity contribution in [3.8, 4) is 0 Å². The molecule has 3 unspecified atom stereocenters. The second-order valence-electron chi connectivity index (χ2n) is 3.71. The van der Waals surface area contributed by atoms with Gasteiger partial charge >= 0.3 is 0 Å². The predicted octanol–water partition coefficient (Wildman–Crippen LogP) is 1.11. The molecular formula is C9H15NO. The second kappa shape index (κ2) is 2.59. The number of Topliss-reactive ketones (excluding diaryl/α,β-unsaturated/α-hetero) is 1. The topological polar surface area (TPSA) is 29.1 Å². The monoisotopic (exact) mass is 153 g/mol. The van der Waals surface area contributed by atoms with E-state index in [0.29, 0.717) is 23.8 Å². The Bertz CT molecular complexity index is 178. The lowest BCUT2D eigenvalue weighted by molar-refractivity contribution is -0.123. The molecule has 2 rings (SSSR count). The van der Waals surface area contributed by atoms with Gasteiger partial charge in [-0.1, -0.05) is 6.92 Å². The van der Waals surface area contributed by atoms with Gasteiger partial charge in [0, 0.05) is 24.4 Å². The highest BCUT2D eigenvalue weighted by Crippen LogP contribution is 2.34. The molecule has 0 spiro atoms. The Balaban J connectivity index is 2.02. The first-order valence-electron chi connectivity index (χ1n) is 4.60. The molecule has 2 aliphatic rings. The third kappa shape index (κ3) is 1.09. The second-order valence-corrected chi connectivity index (χ2v) is 3.71. The Hall–Kier alpha value is -0.370. The summed E-state index contributed by atoms with van der Waals surface area (Å²) in [6, 6.07) is 1.20. The summed E-state index contributed by atoms with van der Waals surface area (Å²) in [5.74, 6) is 0.823. The van der Waals surface area contributed by atoms with Crippen LogP contribution in [0.2, 0.25) is 0 Å². The Morgan fingerprint density at radius 1 is 1.55 bits per heavy atom. The van der Waals surface area contributed by atoms with Gasteiger partial charge in [0.1, 0.15) is 5.78 Å². The fraction of sp³-hybridized carbons (Fsp3) is 0.889. The summed E-state index contributed by atoms with van der Waals surface area (Å²) in [7, 11) is 0. The highest BCUT2D eigenvalue weighted by molar-refractivity contribution is 5.82. The van der Waals surface area contributed by atoms with Crippen LogP contribution >= 0.6 is 0 Å². The van der Waals surface area contributed by atoms with Crippen LogP contribution in [0.5, 0.6) is 0 Å². The molecule has 0 aromatic carbocycles. The molecular weight excluding hydrogens is 138 g/mol. The molecule has 11 heavy (non-hydrogen) atoms. The number of hydrogen-bond acceptors (Lipinski definition) is 2. The summed E-state index contributed by atoms with van der Waals surface area (Å²) in [4.78, 5) is 11.4. The van der Waals surface area contributed by atoms with E-state index in [1.165, 1.54) is 12.8 Å². The average molecular weight is 153 g/mol. The van der Waals surface area contributed by atoms with E-state index in [0.717, 1.165) is 12.8 Å². The maximum atomic E-state index is 11.4. The van der Waals surface area contributed by atoms with Crippen LogP contribution in [0.3, 0.4) is 0 Å². The molecule has 2 heterocycles. The van der Waals surface area contributed by atoms with Crippen LogP contribution in [0.4, 0.5) is 0 Å². The zero-order chi connectivity index (χ0) is 7.84. The van der Waals surface area contributed by atoms with E-state index >= 15 is 0 Å². The van der Waals surface area contributed by atoms with Gasteiger partial charge in [-0.25, -0.2) is 0 Å². The largest absolute Gasteiger partial charge is 0.310 e. The first-order valence-corrected chi connectivity index (χ1v) is 4.60. The van der Waals surface area contributed by atoms with Crippen molar-refractivity contribution < 1.29 is 4.79 Å². The Labute approximate surface area is 67.4 Å². The van der Waals surface area contributed by atoms with Crippen molar-refractivity contribution in [3.05, 3.63) is 0 Å². The first-order chi connectivity index (χ1) is 5.31. The van der Waals surface area contributed by atoms with Crippen LogP contribution in [0.15, 0.2) is 0 Å². The molecule has 2 fully saturated rings. The smallest absolute Gasteiger partial charge is 0.137 e. The molecule has 2 heteroatoms. The molecule has 1 N–H and O–H groups in total. The molecule has 2 saturated heterocycles. The fourth-order valence-electron chi connectivity index (χ4n) is 2.44. The molecule has 0 radical (unpaired) electrons. The number of ketones is 1. The van der Waals surface area contributed by atoms with E-state index in [4.69, 9.17) is 0 Å². The van der Waals surface area contributed by atoms with Gasteiger partial charge in [-0.05, 0) is 19.3 Å². The number of rotatable bonds is 2. The van der Waals surface area contributed by atoms with Gasteiger partial charge in [0.25, 0.3) is 0 Å². The van der Waals surface area contributed by atoms with Crippen molar-refractivity contribution in [1.82, 2.24) is 5.32 Å². The summed E-state index contributed by atoms with van der Waals surface area (Å²) in [6.07, 6.45) is 4.34. The lowest BCUT2D eigenvalue weighted by Gasteiger charge is -2.17. The summed E-state index contributed by atoms with van der Waals surface area (Å²) in [5, 5.41) is 3.47. The summed E-state index contributed by atoms with van der Waals surface area (Å²) < 4.78 is 0. The third-order valence-corrected chi connectivity index (χ3v) is 3.06. The quantitative estimate of drug-likeness (QED) is 0.643. The molecule has 2 nitrogen and oxygen atoms in total. The van der Waals surface area contributed by atoms with Crippen LogP contribution in [0.1, 0.15) is 32.6 Å². The standard InChI is InChI=1S/C9H15NO/c1-2-9(11)7-5-6-3-4-8(7)10-6/h6-8,10H,2-5H2,1H3. The van der Waals surface area contributed by atoms with E-state index < -0.39 is 0 Å². The maximum absolute atomic E-state index is 11.4. The van der Waals surface area contributed by atoms with Crippen LogP contribution < -0.4 is 5.32 Å². The van der Waals surface area contributed by atoms with Crippen LogP contribution in [-0.2, 0) is 4.79 Å². The number of fused-ring (bicyclic) bond motifs is 2. The van der Waals surface area contributed by atoms with Gasteiger partial charge in [-0.15, -0.1) is 0 Å². The predicted molar refractivity (Wildman–Crippen MR) is 43.4 cm³/mol. The number of nitrogens with one attached hydrogen (secondary N) is 1. The van der Waals surface area contributed by atoms with Crippen molar-refractivity contribution in [1.29, 1.82) is 0 Å². The van der Waals surface area contributed by atoms with E-state index in [-0.39, 0.29) is 0 Å². The van der Waals surface area contributed by atoms with Crippen molar-refractivity contribution in [2.75, 3.05) is 0 Å². The number of carbonyl (C=O) groups is 1. The minimum absolute atomic E-state index is 0.360. The minimum Gasteiger partial charge on any atom is -0.310 e. The van der Waals surface area contributed by atoms with E-state index in [2.05, 4.69) is 5.32 Å². The molecule has 0 amide bonds. The van der Waals surface area contributed by atoms with Gasteiger partial charge in [0.2, 0.25) is 0 Å². The highest BCUT2D eigenvalue weighted by atomic mass is 16.1. The third-order valence-electron chi connectivity index (χ3n) is 3.06. The Morgan fingerprint density at radius 3 is 2.82 bits per heavy atom.